The monoisotopic (exact) mass is 469 g/mol. The summed E-state index contributed by atoms with van der Waals surface area (Å²) < 4.78 is 43.0. The molecule has 0 aromatic carbocycles. The largest absolute Gasteiger partial charge is 0.382 e. The second kappa shape index (κ2) is 35.2. The van der Waals surface area contributed by atoms with Gasteiger partial charge in [-0.2, -0.15) is 0 Å². The molecule has 31 heavy (non-hydrogen) atoms. The van der Waals surface area contributed by atoms with E-state index in [0.717, 1.165) is 13.0 Å². The summed E-state index contributed by atoms with van der Waals surface area (Å²) in [4.78, 5) is 40.3. The van der Waals surface area contributed by atoms with Gasteiger partial charge in [0, 0.05) is 74.0 Å². The van der Waals surface area contributed by atoms with Gasteiger partial charge in [0.15, 0.2) is 0 Å². The van der Waals surface area contributed by atoms with Crippen molar-refractivity contribution in [1.82, 2.24) is 21.3 Å². The molecule has 4 amide bonds. The third-order valence-corrected chi connectivity index (χ3v) is 2.51. The van der Waals surface area contributed by atoms with Gasteiger partial charge in [-0.15, -0.1) is 0 Å². The van der Waals surface area contributed by atoms with Crippen LogP contribution in [0.25, 0.3) is 0 Å². The molecule has 0 bridgehead atoms. The molecule has 0 saturated heterocycles. The Morgan fingerprint density at radius 2 is 1.32 bits per heavy atom. The van der Waals surface area contributed by atoms with Crippen LogP contribution in [0.1, 0.15) is 54.4 Å². The summed E-state index contributed by atoms with van der Waals surface area (Å²) in [6.07, 6.45) is 1.01. The average Bonchev–Trinajstić information content (AvgIpc) is 2.83. The van der Waals surface area contributed by atoms with Gasteiger partial charge in [0.25, 0.3) is 0 Å². The summed E-state index contributed by atoms with van der Waals surface area (Å²) in [7, 11) is 3.22. The van der Waals surface area contributed by atoms with Crippen molar-refractivity contribution in [2.45, 2.75) is 48.5 Å². The average molecular weight is 470 g/mol. The maximum Gasteiger partial charge on any atom is 0.216 e. The SMILES string of the molecule is C.CCCNC(C)=O.CNC(C)=O.COCCOCCNC(C)=O.[3H]N([3H])CCNC(C)=O.[3H][3H].[3H][3H]. The number of carbonyl (C=O) groups is 4. The first kappa shape index (κ1) is 28.8. The molecule has 0 unspecified atom stereocenters. The second-order valence-corrected chi connectivity index (χ2v) is 5.58. The van der Waals surface area contributed by atoms with Crippen LogP contribution in [0.5, 0.6) is 0 Å². The van der Waals surface area contributed by atoms with E-state index in [1.54, 1.807) is 14.2 Å². The number of hydrogen-bond donors (Lipinski definition) is 5. The lowest BCUT2D eigenvalue weighted by atomic mass is 10.5. The van der Waals surface area contributed by atoms with Gasteiger partial charge in [0.1, 0.15) is 2.82 Å². The maximum absolute atomic E-state index is 10.3. The van der Waals surface area contributed by atoms with Crippen molar-refractivity contribution in [3.05, 3.63) is 0 Å². The topological polar surface area (TPSA) is 161 Å². The first-order chi connectivity index (χ1) is 16.9. The molecule has 0 saturated carbocycles. The quantitative estimate of drug-likeness (QED) is 0.271. The van der Waals surface area contributed by atoms with Gasteiger partial charge in [-0.25, -0.2) is 0 Å². The molecular formula is C20H51N5O6. The summed E-state index contributed by atoms with van der Waals surface area (Å²) in [5.74, 6) is -0.0935. The Morgan fingerprint density at radius 3 is 1.65 bits per heavy atom. The predicted octanol–water partition coefficient (Wildman–Crippen LogP) is 0.280. The molecule has 0 aliphatic rings. The van der Waals surface area contributed by atoms with Crippen molar-refractivity contribution < 1.29 is 37.4 Å². The molecule has 0 aromatic heterocycles. The number of rotatable bonds is 11. The number of carbonyl (C=O) groups excluding carboxylic acids is 4. The van der Waals surface area contributed by atoms with Gasteiger partial charge in [0.2, 0.25) is 23.6 Å². The number of nitrogens with one attached hydrogen (secondary N) is 4. The number of methoxy groups -OCH3 is 1. The molecule has 0 radical (unpaired) electrons. The second-order valence-electron chi connectivity index (χ2n) is 5.58. The number of hydrogen-bond acceptors (Lipinski definition) is 7. The minimum absolute atomic E-state index is 0. The van der Waals surface area contributed by atoms with Crippen LogP contribution in [0, 0.1) is 0 Å². The highest BCUT2D eigenvalue weighted by Gasteiger charge is 1.90. The molecule has 0 aliphatic carbocycles. The predicted molar refractivity (Wildman–Crippen MR) is 129 cm³/mol. The standard InChI is InChI=1S/C7H15NO3.C5H11NO.C4H10N2O.C3H7NO.CH4.2H2/c1-7(9)8-3-4-11-6-5-10-2;1-3-4-6-5(2)7;1-4(7)6-3-2-5;1-3(5)4-2;;;/h3-6H2,1-2H3,(H,8,9);3-4H2,1-2H3,(H,6,7);2-3,5H2,1H3,(H,6,7);1-2H3,(H,4,5);1H4;2*1H/i;;;;;2*1+2T/hT2. The Labute approximate surface area is 197 Å². The van der Waals surface area contributed by atoms with E-state index in [1.165, 1.54) is 27.7 Å². The van der Waals surface area contributed by atoms with Crippen molar-refractivity contribution in [3.8, 4) is 0 Å². The number of ether oxygens (including phenoxy) is 2. The van der Waals surface area contributed by atoms with Gasteiger partial charge in [0.05, 0.1) is 19.8 Å². The molecule has 0 spiro atoms. The van der Waals surface area contributed by atoms with E-state index in [4.69, 9.17) is 18.2 Å². The van der Waals surface area contributed by atoms with E-state index >= 15 is 0 Å². The fraction of sp³-hybridized carbons (Fsp3) is 0.800. The third kappa shape index (κ3) is 74.2. The summed E-state index contributed by atoms with van der Waals surface area (Å²) in [6, 6.07) is 0. The summed E-state index contributed by atoms with van der Waals surface area (Å²) in [6.45, 7) is 11.6. The van der Waals surface area contributed by atoms with Crippen LogP contribution >= 0.6 is 0 Å². The molecule has 0 atom stereocenters. The van der Waals surface area contributed by atoms with Gasteiger partial charge >= 0.3 is 0 Å². The lowest BCUT2D eigenvalue weighted by Crippen LogP contribution is -2.26. The molecular weight excluding hydrogens is 406 g/mol. The molecule has 0 aromatic rings. The fourth-order valence-corrected chi connectivity index (χ4v) is 1.08. The third-order valence-electron chi connectivity index (χ3n) is 2.51. The Bertz CT molecular complexity index is 485. The van der Waals surface area contributed by atoms with Crippen molar-refractivity contribution in [2.24, 2.45) is 5.72 Å². The smallest absolute Gasteiger partial charge is 0.216 e. The minimum atomic E-state index is -0.128. The van der Waals surface area contributed by atoms with E-state index in [9.17, 15) is 19.2 Å². The summed E-state index contributed by atoms with van der Waals surface area (Å²) in [5.41, 5.74) is 0.524. The Kier molecular flexibility index (Phi) is 32.7. The summed E-state index contributed by atoms with van der Waals surface area (Å²) in [5, 5.41) is 10.1. The van der Waals surface area contributed by atoms with E-state index in [0.29, 0.717) is 38.6 Å². The lowest BCUT2D eigenvalue weighted by molar-refractivity contribution is -0.120. The Hall–Kier alpha value is -2.24. The van der Waals surface area contributed by atoms with Crippen molar-refractivity contribution in [1.29, 1.82) is 0 Å². The zero-order valence-corrected chi connectivity index (χ0v) is 19.6. The van der Waals surface area contributed by atoms with Crippen LogP contribution in [0.4, 0.5) is 0 Å². The molecule has 0 fully saturated rings. The molecule has 6 N–H and O–H groups in total. The summed E-state index contributed by atoms with van der Waals surface area (Å²) >= 11 is 0. The number of amides is 4. The molecule has 0 heterocycles. The van der Waals surface area contributed by atoms with Gasteiger partial charge < -0.3 is 36.5 Å². The molecule has 0 rings (SSSR count). The normalized spacial score (nSPS) is 9.81. The van der Waals surface area contributed by atoms with E-state index in [-0.39, 0.29) is 37.6 Å². The van der Waals surface area contributed by atoms with Crippen LogP contribution in [0.2, 0.25) is 2.82 Å². The van der Waals surface area contributed by atoms with Crippen LogP contribution in [0.15, 0.2) is 0 Å². The van der Waals surface area contributed by atoms with E-state index in [1.807, 2.05) is 6.92 Å². The van der Waals surface area contributed by atoms with Crippen molar-refractivity contribution in [2.75, 3.05) is 60.2 Å². The van der Waals surface area contributed by atoms with Crippen LogP contribution in [0.3, 0.4) is 0 Å². The van der Waals surface area contributed by atoms with Gasteiger partial charge in [-0.1, -0.05) is 14.4 Å². The van der Waals surface area contributed by atoms with Crippen LogP contribution < -0.4 is 27.0 Å². The highest BCUT2D eigenvalue weighted by molar-refractivity contribution is 5.73. The first-order valence-electron chi connectivity index (χ1n) is 12.6. The zero-order chi connectivity index (χ0) is 29.8. The first-order valence-corrected chi connectivity index (χ1v) is 9.67. The number of nitrogens with two attached hydrogens (primary N) is 1. The highest BCUT2D eigenvalue weighted by atomic mass is 16.5. The Balaban J connectivity index is -0.0000000631. The Morgan fingerprint density at radius 1 is 0.871 bits per heavy atom. The molecule has 11 heteroatoms. The highest BCUT2D eigenvalue weighted by Crippen LogP contribution is 1.74. The van der Waals surface area contributed by atoms with E-state index < -0.39 is 0 Å². The molecule has 11 nitrogen and oxygen atoms in total. The fourth-order valence-electron chi connectivity index (χ4n) is 1.08. The van der Waals surface area contributed by atoms with Crippen LogP contribution in [-0.4, -0.2) is 83.8 Å². The maximum atomic E-state index is 10.3. The van der Waals surface area contributed by atoms with Crippen LogP contribution in [-0.2, 0) is 28.7 Å². The molecule has 0 aliphatic heterocycles. The van der Waals surface area contributed by atoms with Crippen molar-refractivity contribution in [3.63, 3.8) is 0 Å². The lowest BCUT2D eigenvalue weighted by Gasteiger charge is -2.03. The zero-order valence-electron chi connectivity index (χ0n) is 25.6. The minimum Gasteiger partial charge on any atom is -0.382 e. The van der Waals surface area contributed by atoms with Crippen molar-refractivity contribution >= 4 is 23.6 Å². The van der Waals surface area contributed by atoms with E-state index in [2.05, 4.69) is 21.3 Å². The van der Waals surface area contributed by atoms with Gasteiger partial charge in [-0.05, 0) is 6.42 Å². The van der Waals surface area contributed by atoms with Gasteiger partial charge in [-0.3, -0.25) is 19.2 Å². The molecule has 192 valence electrons.